The first-order valence-electron chi connectivity index (χ1n) is 6.47. The van der Waals surface area contributed by atoms with Crippen molar-refractivity contribution in [2.24, 2.45) is 5.92 Å². The summed E-state index contributed by atoms with van der Waals surface area (Å²) in [5.41, 5.74) is 1.61. The lowest BCUT2D eigenvalue weighted by Gasteiger charge is -2.22. The van der Waals surface area contributed by atoms with Crippen molar-refractivity contribution < 1.29 is 14.3 Å². The molecular formula is C14H19FN2O2. The highest BCUT2D eigenvalue weighted by Crippen LogP contribution is 2.26. The van der Waals surface area contributed by atoms with Gasteiger partial charge in [-0.15, -0.1) is 0 Å². The molecule has 4 nitrogen and oxygen atoms in total. The number of nitrogens with one attached hydrogen (secondary N) is 2. The quantitative estimate of drug-likeness (QED) is 0.769. The van der Waals surface area contributed by atoms with E-state index in [0.29, 0.717) is 6.42 Å². The molecule has 0 radical (unpaired) electrons. The fourth-order valence-corrected chi connectivity index (χ4v) is 2.20. The molecule has 0 fully saturated rings. The summed E-state index contributed by atoms with van der Waals surface area (Å²) in [6.07, 6.45) is 0.467. The van der Waals surface area contributed by atoms with E-state index in [4.69, 9.17) is 0 Å². The molecule has 1 amide bonds. The van der Waals surface area contributed by atoms with Gasteiger partial charge in [0.05, 0.1) is 12.6 Å². The zero-order valence-electron chi connectivity index (χ0n) is 11.1. The van der Waals surface area contributed by atoms with E-state index in [1.165, 1.54) is 12.1 Å². The van der Waals surface area contributed by atoms with Gasteiger partial charge < -0.3 is 15.7 Å². The number of aliphatic hydroxyl groups is 1. The van der Waals surface area contributed by atoms with Crippen molar-refractivity contribution in [2.75, 3.05) is 11.9 Å². The molecule has 2 atom stereocenters. The van der Waals surface area contributed by atoms with Crippen LogP contribution in [-0.2, 0) is 11.2 Å². The molecular weight excluding hydrogens is 247 g/mol. The Kier molecular flexibility index (Phi) is 4.04. The van der Waals surface area contributed by atoms with Crippen molar-refractivity contribution in [1.29, 1.82) is 0 Å². The predicted octanol–water partition coefficient (Wildman–Crippen LogP) is 1.30. The lowest BCUT2D eigenvalue weighted by Crippen LogP contribution is -2.47. The Morgan fingerprint density at radius 1 is 1.58 bits per heavy atom. The molecule has 0 saturated heterocycles. The van der Waals surface area contributed by atoms with Crippen LogP contribution in [0.25, 0.3) is 0 Å². The van der Waals surface area contributed by atoms with Gasteiger partial charge in [-0.25, -0.2) is 4.39 Å². The van der Waals surface area contributed by atoms with Crippen LogP contribution in [0, 0.1) is 11.7 Å². The SMILES string of the molecule is CC(C)C(CO)NC(=O)C1Cc2cc(F)ccc2N1. The Morgan fingerprint density at radius 3 is 2.95 bits per heavy atom. The summed E-state index contributed by atoms with van der Waals surface area (Å²) in [5.74, 6) is -0.295. The van der Waals surface area contributed by atoms with Gasteiger partial charge in [-0.1, -0.05) is 13.8 Å². The molecule has 104 valence electrons. The highest BCUT2D eigenvalue weighted by atomic mass is 19.1. The molecule has 0 saturated carbocycles. The molecule has 1 aromatic rings. The van der Waals surface area contributed by atoms with Gasteiger partial charge in [0.25, 0.3) is 0 Å². The van der Waals surface area contributed by atoms with Crippen molar-refractivity contribution in [2.45, 2.75) is 32.4 Å². The van der Waals surface area contributed by atoms with Crippen molar-refractivity contribution in [1.82, 2.24) is 5.32 Å². The van der Waals surface area contributed by atoms with Gasteiger partial charge in [0, 0.05) is 12.1 Å². The summed E-state index contributed by atoms with van der Waals surface area (Å²) < 4.78 is 13.1. The fraction of sp³-hybridized carbons (Fsp3) is 0.500. The van der Waals surface area contributed by atoms with Crippen molar-refractivity contribution in [3.63, 3.8) is 0 Å². The van der Waals surface area contributed by atoms with Crippen LogP contribution in [0.2, 0.25) is 0 Å². The van der Waals surface area contributed by atoms with E-state index < -0.39 is 6.04 Å². The Morgan fingerprint density at radius 2 is 2.32 bits per heavy atom. The molecule has 0 aromatic heterocycles. The first kappa shape index (κ1) is 13.8. The van der Waals surface area contributed by atoms with E-state index in [9.17, 15) is 14.3 Å². The van der Waals surface area contributed by atoms with E-state index in [-0.39, 0.29) is 30.3 Å². The Hall–Kier alpha value is -1.62. The minimum Gasteiger partial charge on any atom is -0.394 e. The van der Waals surface area contributed by atoms with Crippen LogP contribution in [0.3, 0.4) is 0 Å². The minimum absolute atomic E-state index is 0.0856. The van der Waals surface area contributed by atoms with Gasteiger partial charge >= 0.3 is 0 Å². The molecule has 2 rings (SSSR count). The number of hydrogen-bond donors (Lipinski definition) is 3. The molecule has 1 aliphatic heterocycles. The standard InChI is InChI=1S/C14H19FN2O2/c1-8(2)13(7-18)17-14(19)12-6-9-5-10(15)3-4-11(9)16-12/h3-5,8,12-13,16,18H,6-7H2,1-2H3,(H,17,19). The van der Waals surface area contributed by atoms with E-state index in [1.54, 1.807) is 6.07 Å². The van der Waals surface area contributed by atoms with Crippen molar-refractivity contribution in [3.05, 3.63) is 29.6 Å². The summed E-state index contributed by atoms with van der Waals surface area (Å²) in [4.78, 5) is 12.1. The number of aliphatic hydroxyl groups excluding tert-OH is 1. The maximum atomic E-state index is 13.1. The van der Waals surface area contributed by atoms with Gasteiger partial charge in [-0.05, 0) is 29.7 Å². The van der Waals surface area contributed by atoms with Crippen LogP contribution in [0.5, 0.6) is 0 Å². The third kappa shape index (κ3) is 3.04. The number of hydrogen-bond acceptors (Lipinski definition) is 3. The summed E-state index contributed by atoms with van der Waals surface area (Å²) in [5, 5.41) is 15.1. The molecule has 2 unspecified atom stereocenters. The van der Waals surface area contributed by atoms with E-state index in [0.717, 1.165) is 11.3 Å². The highest BCUT2D eigenvalue weighted by molar-refractivity contribution is 5.87. The van der Waals surface area contributed by atoms with Crippen LogP contribution in [0.15, 0.2) is 18.2 Å². The number of rotatable bonds is 4. The fourth-order valence-electron chi connectivity index (χ4n) is 2.20. The summed E-state index contributed by atoms with van der Waals surface area (Å²) in [7, 11) is 0. The maximum Gasteiger partial charge on any atom is 0.243 e. The van der Waals surface area contributed by atoms with Crippen LogP contribution in [0.1, 0.15) is 19.4 Å². The Bertz CT molecular complexity index is 477. The zero-order chi connectivity index (χ0) is 14.0. The average Bonchev–Trinajstić information content (AvgIpc) is 2.78. The number of anilines is 1. The highest BCUT2D eigenvalue weighted by Gasteiger charge is 2.28. The van der Waals surface area contributed by atoms with Crippen LogP contribution >= 0.6 is 0 Å². The average molecular weight is 266 g/mol. The summed E-state index contributed by atoms with van der Waals surface area (Å²) in [6, 6.07) is 3.81. The number of carbonyl (C=O) groups is 1. The number of halogens is 1. The number of benzene rings is 1. The number of amides is 1. The van der Waals surface area contributed by atoms with Crippen molar-refractivity contribution >= 4 is 11.6 Å². The van der Waals surface area contributed by atoms with Gasteiger partial charge in [0.1, 0.15) is 11.9 Å². The Labute approximate surface area is 112 Å². The van der Waals surface area contributed by atoms with Gasteiger partial charge in [0.15, 0.2) is 0 Å². The second-order valence-electron chi connectivity index (χ2n) is 5.24. The smallest absolute Gasteiger partial charge is 0.243 e. The van der Waals surface area contributed by atoms with Crippen LogP contribution in [-0.4, -0.2) is 29.7 Å². The molecule has 5 heteroatoms. The second kappa shape index (κ2) is 5.57. The zero-order valence-corrected chi connectivity index (χ0v) is 11.1. The van der Waals surface area contributed by atoms with E-state index >= 15 is 0 Å². The molecule has 1 aromatic carbocycles. The van der Waals surface area contributed by atoms with Gasteiger partial charge in [0.2, 0.25) is 5.91 Å². The van der Waals surface area contributed by atoms with Gasteiger partial charge in [-0.2, -0.15) is 0 Å². The lowest BCUT2D eigenvalue weighted by molar-refractivity contribution is -0.123. The molecule has 1 aliphatic rings. The molecule has 3 N–H and O–H groups in total. The van der Waals surface area contributed by atoms with E-state index in [1.807, 2.05) is 13.8 Å². The normalized spacial score (nSPS) is 18.9. The Balaban J connectivity index is 2.00. The number of carbonyl (C=O) groups excluding carboxylic acids is 1. The number of fused-ring (bicyclic) bond motifs is 1. The molecule has 0 bridgehead atoms. The largest absolute Gasteiger partial charge is 0.394 e. The van der Waals surface area contributed by atoms with Crippen LogP contribution < -0.4 is 10.6 Å². The third-order valence-electron chi connectivity index (χ3n) is 3.47. The summed E-state index contributed by atoms with van der Waals surface area (Å²) >= 11 is 0. The van der Waals surface area contributed by atoms with Gasteiger partial charge in [-0.3, -0.25) is 4.79 Å². The lowest BCUT2D eigenvalue weighted by atomic mass is 10.0. The first-order valence-corrected chi connectivity index (χ1v) is 6.47. The maximum absolute atomic E-state index is 13.1. The third-order valence-corrected chi connectivity index (χ3v) is 3.47. The molecule has 1 heterocycles. The first-order chi connectivity index (χ1) is 9.01. The monoisotopic (exact) mass is 266 g/mol. The summed E-state index contributed by atoms with van der Waals surface area (Å²) in [6.45, 7) is 3.79. The van der Waals surface area contributed by atoms with E-state index in [2.05, 4.69) is 10.6 Å². The minimum atomic E-state index is -0.399. The van der Waals surface area contributed by atoms with Crippen LogP contribution in [0.4, 0.5) is 10.1 Å². The molecule has 19 heavy (non-hydrogen) atoms. The topological polar surface area (TPSA) is 61.4 Å². The van der Waals surface area contributed by atoms with Crippen molar-refractivity contribution in [3.8, 4) is 0 Å². The second-order valence-corrected chi connectivity index (χ2v) is 5.24. The molecule has 0 spiro atoms. The predicted molar refractivity (Wildman–Crippen MR) is 71.4 cm³/mol. The molecule has 0 aliphatic carbocycles.